The Morgan fingerprint density at radius 2 is 1.90 bits per heavy atom. The summed E-state index contributed by atoms with van der Waals surface area (Å²) in [7, 11) is 1.60. The first kappa shape index (κ1) is 20.7. The predicted octanol–water partition coefficient (Wildman–Crippen LogP) is 4.44. The van der Waals surface area contributed by atoms with Crippen molar-refractivity contribution in [2.24, 2.45) is 0 Å². The van der Waals surface area contributed by atoms with Gasteiger partial charge in [-0.3, -0.25) is 9.59 Å². The van der Waals surface area contributed by atoms with E-state index in [1.807, 2.05) is 31.2 Å². The molecular formula is C22H21BrN2O4. The van der Waals surface area contributed by atoms with Crippen LogP contribution in [0.3, 0.4) is 0 Å². The van der Waals surface area contributed by atoms with Crippen LogP contribution in [0.2, 0.25) is 0 Å². The zero-order valence-corrected chi connectivity index (χ0v) is 17.7. The lowest BCUT2D eigenvalue weighted by Gasteiger charge is -2.19. The minimum Gasteiger partial charge on any atom is -0.492 e. The summed E-state index contributed by atoms with van der Waals surface area (Å²) >= 11 is 3.19. The van der Waals surface area contributed by atoms with E-state index in [0.717, 1.165) is 11.3 Å². The highest BCUT2D eigenvalue weighted by molar-refractivity contribution is 9.10. The van der Waals surface area contributed by atoms with Gasteiger partial charge in [-0.15, -0.1) is 0 Å². The Balaban J connectivity index is 1.63. The van der Waals surface area contributed by atoms with Gasteiger partial charge in [0.1, 0.15) is 12.4 Å². The second-order valence-electron chi connectivity index (χ2n) is 6.41. The van der Waals surface area contributed by atoms with Crippen molar-refractivity contribution in [3.8, 4) is 5.75 Å². The quantitative estimate of drug-likeness (QED) is 0.533. The zero-order chi connectivity index (χ0) is 20.8. The van der Waals surface area contributed by atoms with Gasteiger partial charge < -0.3 is 19.4 Å². The predicted molar refractivity (Wildman–Crippen MR) is 115 cm³/mol. The summed E-state index contributed by atoms with van der Waals surface area (Å²) in [4.78, 5) is 26.7. The van der Waals surface area contributed by atoms with Crippen LogP contribution >= 0.6 is 15.9 Å². The maximum Gasteiger partial charge on any atom is 0.293 e. The van der Waals surface area contributed by atoms with E-state index >= 15 is 0 Å². The summed E-state index contributed by atoms with van der Waals surface area (Å²) in [6.07, 6.45) is 0. The molecule has 2 aromatic carbocycles. The van der Waals surface area contributed by atoms with Gasteiger partial charge in [-0.2, -0.15) is 0 Å². The molecule has 0 bridgehead atoms. The second-order valence-corrected chi connectivity index (χ2v) is 7.19. The lowest BCUT2D eigenvalue weighted by atomic mass is 10.1. The molecule has 0 saturated carbocycles. The summed E-state index contributed by atoms with van der Waals surface area (Å²) in [5, 5.41) is 2.83. The first-order valence-electron chi connectivity index (χ1n) is 9.06. The first-order chi connectivity index (χ1) is 14.0. The molecule has 3 rings (SSSR count). The molecule has 0 aliphatic rings. The molecule has 0 atom stereocenters. The second kappa shape index (κ2) is 9.43. The van der Waals surface area contributed by atoms with Gasteiger partial charge in [-0.25, -0.2) is 0 Å². The van der Waals surface area contributed by atoms with Crippen molar-refractivity contribution in [1.82, 2.24) is 5.32 Å². The lowest BCUT2D eigenvalue weighted by molar-refractivity contribution is 0.0947. The number of anilines is 1. The lowest BCUT2D eigenvalue weighted by Crippen LogP contribution is -2.32. The fourth-order valence-corrected chi connectivity index (χ4v) is 3.10. The van der Waals surface area contributed by atoms with Crippen LogP contribution in [0.5, 0.6) is 5.75 Å². The number of hydrogen-bond acceptors (Lipinski definition) is 4. The topological polar surface area (TPSA) is 71.8 Å². The van der Waals surface area contributed by atoms with Gasteiger partial charge in [-0.1, -0.05) is 24.3 Å². The number of halogens is 1. The highest BCUT2D eigenvalue weighted by Gasteiger charge is 2.21. The van der Waals surface area contributed by atoms with Crippen LogP contribution < -0.4 is 15.0 Å². The molecule has 0 saturated heterocycles. The molecule has 0 radical (unpaired) electrons. The Morgan fingerprint density at radius 1 is 1.10 bits per heavy atom. The number of nitrogens with one attached hydrogen (secondary N) is 1. The fraction of sp³-hybridized carbons (Fsp3) is 0.182. The standard InChI is InChI=1S/C22H21BrN2O4/c1-15-6-5-7-16(14-15)28-13-12-24-21(26)17-8-3-4-9-18(17)25(2)22(27)19-10-11-20(23)29-19/h3-11,14H,12-13H2,1-2H3,(H,24,26). The number of rotatable bonds is 7. The SMILES string of the molecule is Cc1cccc(OCCNC(=O)c2ccccc2N(C)C(=O)c2ccc(Br)o2)c1. The molecule has 0 aliphatic heterocycles. The maximum atomic E-state index is 12.7. The average molecular weight is 457 g/mol. The molecular weight excluding hydrogens is 436 g/mol. The van der Waals surface area contributed by atoms with E-state index < -0.39 is 0 Å². The molecule has 0 aliphatic carbocycles. The molecule has 29 heavy (non-hydrogen) atoms. The van der Waals surface area contributed by atoms with Crippen LogP contribution in [-0.2, 0) is 0 Å². The smallest absolute Gasteiger partial charge is 0.293 e. The van der Waals surface area contributed by atoms with Crippen LogP contribution in [0, 0.1) is 6.92 Å². The maximum absolute atomic E-state index is 12.7. The summed E-state index contributed by atoms with van der Waals surface area (Å²) < 4.78 is 11.4. The minimum absolute atomic E-state index is 0.182. The van der Waals surface area contributed by atoms with E-state index in [9.17, 15) is 9.59 Å². The first-order valence-corrected chi connectivity index (χ1v) is 9.85. The van der Waals surface area contributed by atoms with Gasteiger partial charge in [0, 0.05) is 7.05 Å². The number of furan rings is 1. The number of aryl methyl sites for hydroxylation is 1. The summed E-state index contributed by atoms with van der Waals surface area (Å²) in [5.74, 6) is 0.308. The Labute approximate surface area is 177 Å². The van der Waals surface area contributed by atoms with Gasteiger partial charge in [0.05, 0.1) is 17.8 Å². The highest BCUT2D eigenvalue weighted by atomic mass is 79.9. The Hall–Kier alpha value is -3.06. The molecule has 150 valence electrons. The molecule has 1 N–H and O–H groups in total. The van der Waals surface area contributed by atoms with Gasteiger partial charge >= 0.3 is 0 Å². The third kappa shape index (κ3) is 5.26. The van der Waals surface area contributed by atoms with Crippen molar-refractivity contribution in [1.29, 1.82) is 0 Å². The molecule has 1 heterocycles. The number of nitrogens with zero attached hydrogens (tertiary/aromatic N) is 1. The van der Waals surface area contributed by atoms with Crippen molar-refractivity contribution in [3.05, 3.63) is 82.2 Å². The van der Waals surface area contributed by atoms with E-state index in [2.05, 4.69) is 21.2 Å². The fourth-order valence-electron chi connectivity index (χ4n) is 2.80. The van der Waals surface area contributed by atoms with E-state index in [4.69, 9.17) is 9.15 Å². The molecule has 6 nitrogen and oxygen atoms in total. The molecule has 7 heteroatoms. The van der Waals surface area contributed by atoms with Gasteiger partial charge in [-0.05, 0) is 64.8 Å². The molecule has 0 unspecified atom stereocenters. The third-order valence-corrected chi connectivity index (χ3v) is 4.67. The van der Waals surface area contributed by atoms with E-state index in [0.29, 0.717) is 29.1 Å². The Bertz CT molecular complexity index is 1020. The summed E-state index contributed by atoms with van der Waals surface area (Å²) in [6.45, 7) is 2.67. The van der Waals surface area contributed by atoms with Gasteiger partial charge in [0.25, 0.3) is 11.8 Å². The van der Waals surface area contributed by atoms with Crippen molar-refractivity contribution < 1.29 is 18.7 Å². The van der Waals surface area contributed by atoms with Crippen molar-refractivity contribution >= 4 is 33.4 Å². The van der Waals surface area contributed by atoms with E-state index in [1.54, 1.807) is 43.4 Å². The van der Waals surface area contributed by atoms with E-state index in [1.165, 1.54) is 4.90 Å². The van der Waals surface area contributed by atoms with Crippen molar-refractivity contribution in [2.45, 2.75) is 6.92 Å². The van der Waals surface area contributed by atoms with Crippen LogP contribution in [0.15, 0.2) is 69.8 Å². The molecule has 0 fully saturated rings. The van der Waals surface area contributed by atoms with Crippen LogP contribution in [0.4, 0.5) is 5.69 Å². The number of carbonyl (C=O) groups excluding carboxylic acids is 2. The van der Waals surface area contributed by atoms with Gasteiger partial charge in [0.2, 0.25) is 0 Å². The average Bonchev–Trinajstić information content (AvgIpc) is 3.16. The van der Waals surface area contributed by atoms with Crippen LogP contribution in [0.1, 0.15) is 26.5 Å². The third-order valence-electron chi connectivity index (χ3n) is 4.24. The Morgan fingerprint density at radius 3 is 2.62 bits per heavy atom. The highest BCUT2D eigenvalue weighted by Crippen LogP contribution is 2.23. The van der Waals surface area contributed by atoms with Crippen molar-refractivity contribution in [2.75, 3.05) is 25.1 Å². The van der Waals surface area contributed by atoms with Crippen LogP contribution in [-0.4, -0.2) is 32.0 Å². The van der Waals surface area contributed by atoms with E-state index in [-0.39, 0.29) is 17.6 Å². The number of hydrogen-bond donors (Lipinski definition) is 1. The largest absolute Gasteiger partial charge is 0.492 e. The number of amides is 2. The number of benzene rings is 2. The van der Waals surface area contributed by atoms with Gasteiger partial charge in [0.15, 0.2) is 10.4 Å². The molecule has 1 aromatic heterocycles. The van der Waals surface area contributed by atoms with Crippen molar-refractivity contribution in [3.63, 3.8) is 0 Å². The zero-order valence-electron chi connectivity index (χ0n) is 16.1. The summed E-state index contributed by atoms with van der Waals surface area (Å²) in [6, 6.07) is 17.9. The molecule has 3 aromatic rings. The normalized spacial score (nSPS) is 10.4. The Kier molecular flexibility index (Phi) is 6.72. The number of ether oxygens (including phenoxy) is 1. The summed E-state index contributed by atoms with van der Waals surface area (Å²) in [5.41, 5.74) is 1.99. The monoisotopic (exact) mass is 456 g/mol. The molecule has 2 amide bonds. The number of para-hydroxylation sites is 1. The molecule has 0 spiro atoms. The van der Waals surface area contributed by atoms with Crippen LogP contribution in [0.25, 0.3) is 0 Å². The minimum atomic E-state index is -0.348. The number of carbonyl (C=O) groups is 2.